The second-order valence-corrected chi connectivity index (χ2v) is 7.57. The van der Waals surface area contributed by atoms with Gasteiger partial charge in [-0.2, -0.15) is 0 Å². The highest BCUT2D eigenvalue weighted by Crippen LogP contribution is 2.35. The molecule has 3 rings (SSSR count). The predicted octanol–water partition coefficient (Wildman–Crippen LogP) is 3.72. The third kappa shape index (κ3) is 4.74. The van der Waals surface area contributed by atoms with Gasteiger partial charge in [0.25, 0.3) is 11.6 Å². The van der Waals surface area contributed by atoms with Crippen molar-refractivity contribution in [1.29, 1.82) is 0 Å². The van der Waals surface area contributed by atoms with Crippen molar-refractivity contribution < 1.29 is 14.5 Å². The molecule has 2 atom stereocenters. The van der Waals surface area contributed by atoms with Crippen LogP contribution in [-0.4, -0.2) is 43.0 Å². The zero-order valence-electron chi connectivity index (χ0n) is 17.1. The van der Waals surface area contributed by atoms with Gasteiger partial charge < -0.3 is 10.1 Å². The average Bonchev–Trinajstić information content (AvgIpc) is 2.72. The SMILES string of the molecule is COc1ccc(C2C(CNC(=O)c3cc([N+](=O)[O-])ccc3C)CCCN2C)cc1. The van der Waals surface area contributed by atoms with Gasteiger partial charge in [-0.3, -0.25) is 19.8 Å². The molecule has 0 aromatic heterocycles. The van der Waals surface area contributed by atoms with E-state index in [-0.39, 0.29) is 23.6 Å². The summed E-state index contributed by atoms with van der Waals surface area (Å²) in [6.07, 6.45) is 2.08. The number of piperidine rings is 1. The van der Waals surface area contributed by atoms with Crippen LogP contribution in [0.1, 0.15) is 40.4 Å². The number of nitrogens with one attached hydrogen (secondary N) is 1. The minimum absolute atomic E-state index is 0.0748. The van der Waals surface area contributed by atoms with Crippen molar-refractivity contribution in [3.8, 4) is 5.75 Å². The highest BCUT2D eigenvalue weighted by Gasteiger charge is 2.31. The van der Waals surface area contributed by atoms with Gasteiger partial charge in [0.2, 0.25) is 0 Å². The van der Waals surface area contributed by atoms with E-state index in [1.165, 1.54) is 17.7 Å². The molecule has 0 bridgehead atoms. The van der Waals surface area contributed by atoms with Gasteiger partial charge in [0.15, 0.2) is 0 Å². The summed E-state index contributed by atoms with van der Waals surface area (Å²) in [7, 11) is 3.75. The molecule has 1 aliphatic rings. The zero-order chi connectivity index (χ0) is 21.0. The highest BCUT2D eigenvalue weighted by molar-refractivity contribution is 5.96. The van der Waals surface area contributed by atoms with Gasteiger partial charge in [0.05, 0.1) is 12.0 Å². The maximum Gasteiger partial charge on any atom is 0.270 e. The summed E-state index contributed by atoms with van der Waals surface area (Å²) in [5.74, 6) is 0.802. The number of benzene rings is 2. The topological polar surface area (TPSA) is 84.7 Å². The lowest BCUT2D eigenvalue weighted by Crippen LogP contribution is -2.41. The molecule has 0 saturated carbocycles. The number of aryl methyl sites for hydroxylation is 1. The van der Waals surface area contributed by atoms with Crippen molar-refractivity contribution in [2.24, 2.45) is 5.92 Å². The lowest BCUT2D eigenvalue weighted by molar-refractivity contribution is -0.384. The number of hydrogen-bond donors (Lipinski definition) is 1. The third-order valence-electron chi connectivity index (χ3n) is 5.67. The summed E-state index contributed by atoms with van der Waals surface area (Å²) < 4.78 is 5.26. The molecule has 2 aromatic rings. The van der Waals surface area contributed by atoms with E-state index >= 15 is 0 Å². The van der Waals surface area contributed by atoms with Crippen LogP contribution < -0.4 is 10.1 Å². The fraction of sp³-hybridized carbons (Fsp3) is 0.409. The van der Waals surface area contributed by atoms with Crippen LogP contribution in [0, 0.1) is 23.0 Å². The molecule has 2 unspecified atom stereocenters. The zero-order valence-corrected chi connectivity index (χ0v) is 17.1. The Morgan fingerprint density at radius 3 is 2.66 bits per heavy atom. The van der Waals surface area contributed by atoms with Crippen LogP contribution >= 0.6 is 0 Å². The molecule has 1 fully saturated rings. The smallest absolute Gasteiger partial charge is 0.270 e. The van der Waals surface area contributed by atoms with Crippen molar-refractivity contribution in [3.63, 3.8) is 0 Å². The number of ether oxygens (including phenoxy) is 1. The summed E-state index contributed by atoms with van der Waals surface area (Å²) in [6.45, 7) is 3.31. The molecule has 0 spiro atoms. The number of nitro benzene ring substituents is 1. The molecule has 1 heterocycles. The molecule has 0 radical (unpaired) electrons. The van der Waals surface area contributed by atoms with Crippen LogP contribution in [0.25, 0.3) is 0 Å². The first kappa shape index (κ1) is 20.8. The van der Waals surface area contributed by atoms with Crippen LogP contribution in [0.5, 0.6) is 5.75 Å². The Bertz CT molecular complexity index is 882. The van der Waals surface area contributed by atoms with E-state index < -0.39 is 4.92 Å². The monoisotopic (exact) mass is 397 g/mol. The first-order valence-corrected chi connectivity index (χ1v) is 9.78. The van der Waals surface area contributed by atoms with Crippen molar-refractivity contribution in [3.05, 3.63) is 69.3 Å². The van der Waals surface area contributed by atoms with Gasteiger partial charge in [0.1, 0.15) is 5.75 Å². The molecule has 1 N–H and O–H groups in total. The summed E-state index contributed by atoms with van der Waals surface area (Å²) >= 11 is 0. The number of rotatable bonds is 6. The summed E-state index contributed by atoms with van der Waals surface area (Å²) in [4.78, 5) is 25.6. The average molecular weight is 397 g/mol. The fourth-order valence-corrected chi connectivity index (χ4v) is 4.09. The lowest BCUT2D eigenvalue weighted by atomic mass is 9.84. The Kier molecular flexibility index (Phi) is 6.49. The first-order valence-electron chi connectivity index (χ1n) is 9.78. The van der Waals surface area contributed by atoms with E-state index in [0.29, 0.717) is 12.1 Å². The van der Waals surface area contributed by atoms with E-state index in [9.17, 15) is 14.9 Å². The molecule has 1 saturated heterocycles. The predicted molar refractivity (Wildman–Crippen MR) is 111 cm³/mol. The highest BCUT2D eigenvalue weighted by atomic mass is 16.6. The number of nitro groups is 1. The summed E-state index contributed by atoms with van der Waals surface area (Å²) in [5.41, 5.74) is 2.19. The number of hydrogen-bond acceptors (Lipinski definition) is 5. The number of carbonyl (C=O) groups is 1. The molecule has 0 aliphatic carbocycles. The number of carbonyl (C=O) groups excluding carboxylic acids is 1. The lowest BCUT2D eigenvalue weighted by Gasteiger charge is -2.39. The summed E-state index contributed by atoms with van der Waals surface area (Å²) in [5, 5.41) is 14.0. The molecule has 7 nitrogen and oxygen atoms in total. The van der Waals surface area contributed by atoms with Gasteiger partial charge in [0, 0.05) is 30.3 Å². The number of methoxy groups -OCH3 is 1. The van der Waals surface area contributed by atoms with Gasteiger partial charge in [-0.1, -0.05) is 18.2 Å². The maximum absolute atomic E-state index is 12.7. The first-order chi connectivity index (χ1) is 13.9. The second-order valence-electron chi connectivity index (χ2n) is 7.57. The van der Waals surface area contributed by atoms with Crippen molar-refractivity contribution >= 4 is 11.6 Å². The second kappa shape index (κ2) is 9.05. The molecular formula is C22H27N3O4. The number of amides is 1. The molecule has 2 aromatic carbocycles. The number of nitrogens with zero attached hydrogens (tertiary/aromatic N) is 2. The fourth-order valence-electron chi connectivity index (χ4n) is 4.09. The van der Waals surface area contributed by atoms with Gasteiger partial charge in [-0.25, -0.2) is 0 Å². The molecular weight excluding hydrogens is 370 g/mol. The number of non-ortho nitro benzene ring substituents is 1. The standard InChI is InChI=1S/C22H27N3O4/c1-15-6-9-18(25(27)28)13-20(15)22(26)23-14-17-5-4-12-24(2)21(17)16-7-10-19(29-3)11-8-16/h6-11,13,17,21H,4-5,12,14H2,1-3H3,(H,23,26). The van der Waals surface area contributed by atoms with Crippen LogP contribution in [0.3, 0.4) is 0 Å². The van der Waals surface area contributed by atoms with Crippen molar-refractivity contribution in [2.45, 2.75) is 25.8 Å². The Labute approximate surface area is 170 Å². The normalized spacial score (nSPS) is 19.6. The maximum atomic E-state index is 12.7. The summed E-state index contributed by atoms with van der Waals surface area (Å²) in [6, 6.07) is 12.6. The van der Waals surface area contributed by atoms with E-state index in [0.717, 1.165) is 30.7 Å². The van der Waals surface area contributed by atoms with Crippen LogP contribution in [0.15, 0.2) is 42.5 Å². The number of likely N-dealkylation sites (tertiary alicyclic amines) is 1. The third-order valence-corrected chi connectivity index (χ3v) is 5.67. The van der Waals surface area contributed by atoms with Crippen LogP contribution in [0.4, 0.5) is 5.69 Å². The quantitative estimate of drug-likeness (QED) is 0.593. The minimum Gasteiger partial charge on any atom is -0.497 e. The van der Waals surface area contributed by atoms with E-state index in [4.69, 9.17) is 4.74 Å². The van der Waals surface area contributed by atoms with E-state index in [2.05, 4.69) is 29.4 Å². The largest absolute Gasteiger partial charge is 0.497 e. The Morgan fingerprint density at radius 1 is 1.28 bits per heavy atom. The van der Waals surface area contributed by atoms with Crippen LogP contribution in [-0.2, 0) is 0 Å². The van der Waals surface area contributed by atoms with E-state index in [1.807, 2.05) is 12.1 Å². The molecule has 7 heteroatoms. The molecule has 154 valence electrons. The van der Waals surface area contributed by atoms with Crippen LogP contribution in [0.2, 0.25) is 0 Å². The molecule has 29 heavy (non-hydrogen) atoms. The van der Waals surface area contributed by atoms with Gasteiger partial charge in [-0.05, 0) is 62.5 Å². The minimum atomic E-state index is -0.480. The van der Waals surface area contributed by atoms with Crippen molar-refractivity contribution in [2.75, 3.05) is 27.2 Å². The Hall–Kier alpha value is -2.93. The Morgan fingerprint density at radius 2 is 2.00 bits per heavy atom. The van der Waals surface area contributed by atoms with Gasteiger partial charge in [-0.15, -0.1) is 0 Å². The van der Waals surface area contributed by atoms with E-state index in [1.54, 1.807) is 20.1 Å². The molecule has 1 amide bonds. The van der Waals surface area contributed by atoms with Crippen molar-refractivity contribution in [1.82, 2.24) is 10.2 Å². The molecule has 1 aliphatic heterocycles. The Balaban J connectivity index is 1.74. The van der Waals surface area contributed by atoms with Gasteiger partial charge >= 0.3 is 0 Å².